The molecule has 0 aromatic heterocycles. The normalized spacial score (nSPS) is 13.7. The van der Waals surface area contributed by atoms with E-state index < -0.39 is 5.97 Å². The van der Waals surface area contributed by atoms with E-state index >= 15 is 0 Å². The number of amides is 1. The molecule has 1 aliphatic heterocycles. The number of benzene rings is 1. The third-order valence-corrected chi connectivity index (χ3v) is 2.63. The number of fused-ring (bicyclic) bond motifs is 1. The number of nitrogens with two attached hydrogens (primary N) is 1. The Labute approximate surface area is 99.2 Å². The highest BCUT2D eigenvalue weighted by Crippen LogP contribution is 2.30. The zero-order valence-electron chi connectivity index (χ0n) is 9.60. The van der Waals surface area contributed by atoms with Crippen molar-refractivity contribution in [3.63, 3.8) is 0 Å². The summed E-state index contributed by atoms with van der Waals surface area (Å²) in [6, 6.07) is 5.24. The molecule has 0 saturated carbocycles. The summed E-state index contributed by atoms with van der Waals surface area (Å²) in [5.74, 6) is -0.496. The third kappa shape index (κ3) is 2.22. The summed E-state index contributed by atoms with van der Waals surface area (Å²) in [6.07, 6.45) is 0.291. The van der Waals surface area contributed by atoms with E-state index in [1.807, 2.05) is 0 Å². The van der Waals surface area contributed by atoms with E-state index in [9.17, 15) is 9.59 Å². The first-order chi connectivity index (χ1) is 8.11. The molecule has 0 saturated heterocycles. The van der Waals surface area contributed by atoms with Crippen molar-refractivity contribution in [2.24, 2.45) is 0 Å². The van der Waals surface area contributed by atoms with E-state index in [2.05, 4.69) is 0 Å². The molecule has 0 unspecified atom stereocenters. The van der Waals surface area contributed by atoms with E-state index in [0.29, 0.717) is 18.7 Å². The van der Waals surface area contributed by atoms with Crippen LogP contribution in [0.5, 0.6) is 0 Å². The Balaban J connectivity index is 2.20. The lowest BCUT2D eigenvalue weighted by Gasteiger charge is -2.16. The summed E-state index contributed by atoms with van der Waals surface area (Å²) in [5, 5.41) is 0. The van der Waals surface area contributed by atoms with Crippen LogP contribution in [0.4, 0.5) is 11.4 Å². The molecule has 1 aromatic rings. The predicted molar refractivity (Wildman–Crippen MR) is 63.5 cm³/mol. The number of carbonyl (C=O) groups is 2. The van der Waals surface area contributed by atoms with Crippen LogP contribution in [0, 0.1) is 0 Å². The number of ether oxygens (including phenoxy) is 1. The molecule has 2 rings (SSSR count). The molecule has 5 heteroatoms. The molecule has 2 N–H and O–H groups in total. The SMILES string of the molecule is CCOC(=O)CN1C(=O)Cc2cc(N)ccc21. The first-order valence-corrected chi connectivity index (χ1v) is 5.46. The fraction of sp³-hybridized carbons (Fsp3) is 0.333. The Morgan fingerprint density at radius 1 is 1.53 bits per heavy atom. The van der Waals surface area contributed by atoms with Gasteiger partial charge in [0.2, 0.25) is 5.91 Å². The molecule has 1 aliphatic rings. The van der Waals surface area contributed by atoms with E-state index in [-0.39, 0.29) is 12.5 Å². The minimum atomic E-state index is -0.398. The number of esters is 1. The topological polar surface area (TPSA) is 72.6 Å². The van der Waals surface area contributed by atoms with E-state index in [0.717, 1.165) is 11.3 Å². The summed E-state index contributed by atoms with van der Waals surface area (Å²) >= 11 is 0. The van der Waals surface area contributed by atoms with Gasteiger partial charge in [0.1, 0.15) is 6.54 Å². The van der Waals surface area contributed by atoms with Crippen molar-refractivity contribution in [2.45, 2.75) is 13.3 Å². The van der Waals surface area contributed by atoms with Crippen LogP contribution >= 0.6 is 0 Å². The van der Waals surface area contributed by atoms with Gasteiger partial charge in [-0.1, -0.05) is 0 Å². The first-order valence-electron chi connectivity index (χ1n) is 5.46. The lowest BCUT2D eigenvalue weighted by molar-refractivity contribution is -0.142. The lowest BCUT2D eigenvalue weighted by Crippen LogP contribution is -2.33. The van der Waals surface area contributed by atoms with Gasteiger partial charge in [0, 0.05) is 11.4 Å². The molecule has 0 spiro atoms. The summed E-state index contributed by atoms with van der Waals surface area (Å²) in [5.41, 5.74) is 7.88. The minimum absolute atomic E-state index is 0.0381. The summed E-state index contributed by atoms with van der Waals surface area (Å²) in [4.78, 5) is 24.6. The van der Waals surface area contributed by atoms with E-state index in [1.54, 1.807) is 25.1 Å². The number of anilines is 2. The number of hydrogen-bond donors (Lipinski definition) is 1. The van der Waals surface area contributed by atoms with Crippen LogP contribution in [0.25, 0.3) is 0 Å². The summed E-state index contributed by atoms with van der Waals surface area (Å²) in [7, 11) is 0. The number of nitrogens with zero attached hydrogens (tertiary/aromatic N) is 1. The second-order valence-corrected chi connectivity index (χ2v) is 3.85. The molecule has 17 heavy (non-hydrogen) atoms. The van der Waals surface area contributed by atoms with Crippen molar-refractivity contribution in [3.8, 4) is 0 Å². The maximum absolute atomic E-state index is 11.8. The average Bonchev–Trinajstić information content (AvgIpc) is 2.55. The minimum Gasteiger partial charge on any atom is -0.465 e. The number of carbonyl (C=O) groups excluding carboxylic acids is 2. The molecule has 0 radical (unpaired) electrons. The van der Waals surface area contributed by atoms with E-state index in [4.69, 9.17) is 10.5 Å². The fourth-order valence-corrected chi connectivity index (χ4v) is 1.91. The smallest absolute Gasteiger partial charge is 0.326 e. The molecule has 0 fully saturated rings. The van der Waals surface area contributed by atoms with Crippen molar-refractivity contribution in [1.82, 2.24) is 0 Å². The van der Waals surface area contributed by atoms with Crippen LogP contribution in [-0.4, -0.2) is 25.0 Å². The molecule has 0 bridgehead atoms. The molecule has 0 aliphatic carbocycles. The van der Waals surface area contributed by atoms with E-state index in [1.165, 1.54) is 4.90 Å². The summed E-state index contributed by atoms with van der Waals surface area (Å²) in [6.45, 7) is 2.01. The zero-order valence-corrected chi connectivity index (χ0v) is 9.60. The van der Waals surface area contributed by atoms with Crippen molar-refractivity contribution in [1.29, 1.82) is 0 Å². The van der Waals surface area contributed by atoms with Crippen LogP contribution in [-0.2, 0) is 20.7 Å². The number of nitrogen functional groups attached to an aromatic ring is 1. The van der Waals surface area contributed by atoms with Gasteiger partial charge in [0.25, 0.3) is 0 Å². The van der Waals surface area contributed by atoms with Gasteiger partial charge in [-0.25, -0.2) is 0 Å². The van der Waals surface area contributed by atoms with Gasteiger partial charge < -0.3 is 15.4 Å². The molecule has 0 atom stereocenters. The molecular formula is C12H14N2O3. The highest BCUT2D eigenvalue weighted by atomic mass is 16.5. The molecular weight excluding hydrogens is 220 g/mol. The Morgan fingerprint density at radius 2 is 2.29 bits per heavy atom. The van der Waals surface area contributed by atoms with Gasteiger partial charge in [-0.3, -0.25) is 9.59 Å². The number of hydrogen-bond acceptors (Lipinski definition) is 4. The Kier molecular flexibility index (Phi) is 2.99. The average molecular weight is 234 g/mol. The maximum Gasteiger partial charge on any atom is 0.326 e. The van der Waals surface area contributed by atoms with Gasteiger partial charge in [0.05, 0.1) is 13.0 Å². The van der Waals surface area contributed by atoms with Gasteiger partial charge in [-0.2, -0.15) is 0 Å². The van der Waals surface area contributed by atoms with Crippen LogP contribution in [0.2, 0.25) is 0 Å². The molecule has 1 aromatic carbocycles. The second kappa shape index (κ2) is 4.45. The molecule has 90 valence electrons. The highest BCUT2D eigenvalue weighted by molar-refractivity contribution is 6.04. The van der Waals surface area contributed by atoms with Gasteiger partial charge in [-0.15, -0.1) is 0 Å². The van der Waals surface area contributed by atoms with Crippen LogP contribution < -0.4 is 10.6 Å². The maximum atomic E-state index is 11.8. The van der Waals surface area contributed by atoms with Gasteiger partial charge in [-0.05, 0) is 30.7 Å². The fourth-order valence-electron chi connectivity index (χ4n) is 1.91. The Morgan fingerprint density at radius 3 is 3.00 bits per heavy atom. The Hall–Kier alpha value is -2.04. The van der Waals surface area contributed by atoms with Crippen LogP contribution in [0.3, 0.4) is 0 Å². The van der Waals surface area contributed by atoms with Crippen LogP contribution in [0.15, 0.2) is 18.2 Å². The largest absolute Gasteiger partial charge is 0.465 e. The third-order valence-electron chi connectivity index (χ3n) is 2.63. The van der Waals surface area contributed by atoms with Crippen LogP contribution in [0.1, 0.15) is 12.5 Å². The van der Waals surface area contributed by atoms with Crippen molar-refractivity contribution in [2.75, 3.05) is 23.8 Å². The lowest BCUT2D eigenvalue weighted by atomic mass is 10.1. The monoisotopic (exact) mass is 234 g/mol. The summed E-state index contributed by atoms with van der Waals surface area (Å²) < 4.78 is 4.83. The number of rotatable bonds is 3. The van der Waals surface area contributed by atoms with Gasteiger partial charge >= 0.3 is 5.97 Å². The van der Waals surface area contributed by atoms with Crippen molar-refractivity contribution < 1.29 is 14.3 Å². The molecule has 1 amide bonds. The van der Waals surface area contributed by atoms with Crippen molar-refractivity contribution >= 4 is 23.3 Å². The molecule has 5 nitrogen and oxygen atoms in total. The zero-order chi connectivity index (χ0) is 12.4. The highest BCUT2D eigenvalue weighted by Gasteiger charge is 2.29. The predicted octanol–water partition coefficient (Wildman–Crippen LogP) is 0.721. The standard InChI is InChI=1S/C12H14N2O3/c1-2-17-12(16)7-14-10-4-3-9(13)5-8(10)6-11(14)15/h3-5H,2,6-7,13H2,1H3. The Bertz CT molecular complexity index is 471. The second-order valence-electron chi connectivity index (χ2n) is 3.85. The van der Waals surface area contributed by atoms with Gasteiger partial charge in [0.15, 0.2) is 0 Å². The quantitative estimate of drug-likeness (QED) is 0.618. The molecule has 1 heterocycles. The first kappa shape index (κ1) is 11.4. The van der Waals surface area contributed by atoms with Crippen molar-refractivity contribution in [3.05, 3.63) is 23.8 Å².